The number of carbonyl (C=O) groups excluding carboxylic acids is 1. The fourth-order valence-corrected chi connectivity index (χ4v) is 2.74. The number of alkyl halides is 6. The number of likely N-dealkylation sites (tertiary alicyclic amines) is 1. The number of urea groups is 1. The Morgan fingerprint density at radius 3 is 2.37 bits per heavy atom. The van der Waals surface area contributed by atoms with Crippen LogP contribution in [0.3, 0.4) is 0 Å². The zero-order chi connectivity index (χ0) is 20.3. The summed E-state index contributed by atoms with van der Waals surface area (Å²) in [5.41, 5.74) is -3.89. The van der Waals surface area contributed by atoms with Crippen LogP contribution in [0.1, 0.15) is 6.42 Å². The Morgan fingerprint density at radius 2 is 1.81 bits per heavy atom. The molecule has 2 rings (SSSR count). The Labute approximate surface area is 151 Å². The molecule has 5 nitrogen and oxygen atoms in total. The minimum atomic E-state index is -5.49. The molecule has 2 amide bonds. The zero-order valence-corrected chi connectivity index (χ0v) is 14.3. The van der Waals surface area contributed by atoms with Crippen molar-refractivity contribution in [2.24, 2.45) is 5.41 Å². The summed E-state index contributed by atoms with van der Waals surface area (Å²) >= 11 is 0. The third kappa shape index (κ3) is 4.51. The van der Waals surface area contributed by atoms with Crippen LogP contribution in [-0.2, 0) is 0 Å². The second kappa shape index (κ2) is 7.73. The smallest absolute Gasteiger partial charge is 0.404 e. The summed E-state index contributed by atoms with van der Waals surface area (Å²) in [5, 5.41) is 2.26. The number of rotatable bonds is 5. The molecule has 0 bridgehead atoms. The van der Waals surface area contributed by atoms with Crippen molar-refractivity contribution in [1.82, 2.24) is 10.2 Å². The van der Waals surface area contributed by atoms with E-state index >= 15 is 0 Å². The summed E-state index contributed by atoms with van der Waals surface area (Å²) in [7, 11) is 1.47. The molecular formula is C16H18F6N2O3. The van der Waals surface area contributed by atoms with Crippen LogP contribution in [0.25, 0.3) is 0 Å². The van der Waals surface area contributed by atoms with Crippen LogP contribution in [0.2, 0.25) is 0 Å². The van der Waals surface area contributed by atoms with Crippen molar-refractivity contribution in [3.05, 3.63) is 24.3 Å². The van der Waals surface area contributed by atoms with Gasteiger partial charge >= 0.3 is 18.4 Å². The second-order valence-electron chi connectivity index (χ2n) is 6.01. The SMILES string of the molecule is COc1cccc(OCCNC(=O)N2CCC(C(F)(F)F)(C(F)(F)F)C2)c1. The quantitative estimate of drug-likeness (QED) is 0.607. The van der Waals surface area contributed by atoms with Gasteiger partial charge in [-0.05, 0) is 18.6 Å². The number of halogens is 6. The van der Waals surface area contributed by atoms with E-state index < -0.39 is 43.3 Å². The molecule has 1 aromatic rings. The molecular weight excluding hydrogens is 382 g/mol. The number of carbonyl (C=O) groups is 1. The Morgan fingerprint density at radius 1 is 1.19 bits per heavy atom. The lowest BCUT2D eigenvalue weighted by atomic mass is 9.85. The standard InChI is InChI=1S/C16H18F6N2O3/c1-26-11-3-2-4-12(9-11)27-8-6-23-13(25)24-7-5-14(10-24,15(17,18)19)16(20,21)22/h2-4,9H,5-8,10H2,1H3,(H,23,25). The average Bonchev–Trinajstić information content (AvgIpc) is 3.05. The van der Waals surface area contributed by atoms with Crippen molar-refractivity contribution in [3.63, 3.8) is 0 Å². The highest BCUT2D eigenvalue weighted by Gasteiger charge is 2.72. The van der Waals surface area contributed by atoms with Gasteiger partial charge in [0.25, 0.3) is 0 Å². The molecule has 0 saturated carbocycles. The highest BCUT2D eigenvalue weighted by molar-refractivity contribution is 5.74. The van der Waals surface area contributed by atoms with Gasteiger partial charge in [-0.3, -0.25) is 0 Å². The van der Waals surface area contributed by atoms with E-state index in [0.29, 0.717) is 16.4 Å². The van der Waals surface area contributed by atoms with Crippen LogP contribution in [0.5, 0.6) is 11.5 Å². The highest BCUT2D eigenvalue weighted by atomic mass is 19.4. The molecule has 27 heavy (non-hydrogen) atoms. The van der Waals surface area contributed by atoms with E-state index in [9.17, 15) is 31.1 Å². The van der Waals surface area contributed by atoms with E-state index in [4.69, 9.17) is 9.47 Å². The lowest BCUT2D eigenvalue weighted by Gasteiger charge is -2.33. The molecule has 1 aliphatic rings. The van der Waals surface area contributed by atoms with Gasteiger partial charge in [0.1, 0.15) is 18.1 Å². The zero-order valence-electron chi connectivity index (χ0n) is 14.3. The molecule has 0 atom stereocenters. The van der Waals surface area contributed by atoms with E-state index in [2.05, 4.69) is 5.32 Å². The van der Waals surface area contributed by atoms with Crippen molar-refractivity contribution in [3.8, 4) is 11.5 Å². The Hall–Kier alpha value is -2.33. The molecule has 0 radical (unpaired) electrons. The van der Waals surface area contributed by atoms with E-state index in [1.54, 1.807) is 24.3 Å². The maximum atomic E-state index is 13.0. The number of methoxy groups -OCH3 is 1. The monoisotopic (exact) mass is 400 g/mol. The van der Waals surface area contributed by atoms with Gasteiger partial charge in [0.15, 0.2) is 5.41 Å². The van der Waals surface area contributed by atoms with Gasteiger partial charge in [-0.1, -0.05) is 6.07 Å². The number of ether oxygens (including phenoxy) is 2. The number of nitrogens with one attached hydrogen (secondary N) is 1. The van der Waals surface area contributed by atoms with Crippen LogP contribution in [-0.4, -0.2) is 56.6 Å². The average molecular weight is 400 g/mol. The highest BCUT2D eigenvalue weighted by Crippen LogP contribution is 2.55. The Kier molecular flexibility index (Phi) is 6.01. The lowest BCUT2D eigenvalue weighted by molar-refractivity contribution is -0.334. The summed E-state index contributed by atoms with van der Waals surface area (Å²) < 4.78 is 88.3. The van der Waals surface area contributed by atoms with E-state index in [1.807, 2.05) is 0 Å². The molecule has 0 unspecified atom stereocenters. The number of amides is 2. The Balaban J connectivity index is 1.86. The van der Waals surface area contributed by atoms with Gasteiger partial charge in [-0.2, -0.15) is 26.3 Å². The molecule has 1 aliphatic heterocycles. The first-order chi connectivity index (χ1) is 12.5. The summed E-state index contributed by atoms with van der Waals surface area (Å²) in [4.78, 5) is 12.4. The van der Waals surface area contributed by atoms with Crippen molar-refractivity contribution >= 4 is 6.03 Å². The van der Waals surface area contributed by atoms with Crippen molar-refractivity contribution in [2.45, 2.75) is 18.8 Å². The summed E-state index contributed by atoms with van der Waals surface area (Å²) in [6.07, 6.45) is -12.2. The molecule has 152 valence electrons. The topological polar surface area (TPSA) is 50.8 Å². The number of nitrogens with zero attached hydrogens (tertiary/aromatic N) is 1. The molecule has 0 aliphatic carbocycles. The molecule has 0 aromatic heterocycles. The van der Waals surface area contributed by atoms with Crippen LogP contribution in [0.15, 0.2) is 24.3 Å². The van der Waals surface area contributed by atoms with Gasteiger partial charge < -0.3 is 19.7 Å². The first-order valence-electron chi connectivity index (χ1n) is 7.93. The lowest BCUT2D eigenvalue weighted by Crippen LogP contribution is -2.53. The van der Waals surface area contributed by atoms with Gasteiger partial charge in [-0.15, -0.1) is 0 Å². The maximum Gasteiger partial charge on any atom is 0.404 e. The maximum absolute atomic E-state index is 13.0. The van der Waals surface area contributed by atoms with E-state index in [1.165, 1.54) is 7.11 Å². The summed E-state index contributed by atoms with van der Waals surface area (Å²) in [6, 6.07) is 5.58. The van der Waals surface area contributed by atoms with Gasteiger partial charge in [0.2, 0.25) is 0 Å². The second-order valence-corrected chi connectivity index (χ2v) is 6.01. The number of benzene rings is 1. The fraction of sp³-hybridized carbons (Fsp3) is 0.562. The third-order valence-corrected chi connectivity index (χ3v) is 4.33. The largest absolute Gasteiger partial charge is 0.497 e. The minimum Gasteiger partial charge on any atom is -0.497 e. The third-order valence-electron chi connectivity index (χ3n) is 4.33. The molecule has 1 saturated heterocycles. The van der Waals surface area contributed by atoms with E-state index in [0.717, 1.165) is 0 Å². The van der Waals surface area contributed by atoms with Gasteiger partial charge in [0, 0.05) is 19.2 Å². The first kappa shape index (κ1) is 21.0. The normalized spacial score (nSPS) is 16.9. The summed E-state index contributed by atoms with van der Waals surface area (Å²) in [5.74, 6) is 0.988. The molecule has 11 heteroatoms. The van der Waals surface area contributed by atoms with Crippen LogP contribution < -0.4 is 14.8 Å². The molecule has 1 N–H and O–H groups in total. The predicted octanol–water partition coefficient (Wildman–Crippen LogP) is 3.60. The van der Waals surface area contributed by atoms with Crippen molar-refractivity contribution in [1.29, 1.82) is 0 Å². The summed E-state index contributed by atoms with van der Waals surface area (Å²) in [6.45, 7) is -2.20. The Bertz CT molecular complexity index is 648. The number of hydrogen-bond acceptors (Lipinski definition) is 3. The van der Waals surface area contributed by atoms with Crippen LogP contribution >= 0.6 is 0 Å². The van der Waals surface area contributed by atoms with Crippen LogP contribution in [0, 0.1) is 5.41 Å². The van der Waals surface area contributed by atoms with Crippen molar-refractivity contribution in [2.75, 3.05) is 33.4 Å². The molecule has 1 aromatic carbocycles. The molecule has 0 spiro atoms. The van der Waals surface area contributed by atoms with E-state index in [-0.39, 0.29) is 13.2 Å². The van der Waals surface area contributed by atoms with Gasteiger partial charge in [0.05, 0.1) is 13.7 Å². The van der Waals surface area contributed by atoms with Crippen LogP contribution in [0.4, 0.5) is 31.1 Å². The molecule has 1 heterocycles. The van der Waals surface area contributed by atoms with Gasteiger partial charge in [-0.25, -0.2) is 4.79 Å². The first-order valence-corrected chi connectivity index (χ1v) is 7.93. The predicted molar refractivity (Wildman–Crippen MR) is 82.6 cm³/mol. The van der Waals surface area contributed by atoms with Crippen molar-refractivity contribution < 1.29 is 40.6 Å². The fourth-order valence-electron chi connectivity index (χ4n) is 2.74. The number of hydrogen-bond donors (Lipinski definition) is 1. The minimum absolute atomic E-state index is 0.0174. The molecule has 1 fully saturated rings.